The van der Waals surface area contributed by atoms with Crippen molar-refractivity contribution < 1.29 is 14.1 Å². The Balaban J connectivity index is 2.14. The van der Waals surface area contributed by atoms with Gasteiger partial charge in [0.15, 0.2) is 0 Å². The molecule has 0 spiro atoms. The Morgan fingerprint density at radius 3 is 2.10 bits per heavy atom. The van der Waals surface area contributed by atoms with Crippen molar-refractivity contribution in [2.45, 2.75) is 38.9 Å². The van der Waals surface area contributed by atoms with Crippen molar-refractivity contribution in [1.82, 2.24) is 5.32 Å². The van der Waals surface area contributed by atoms with Crippen LogP contribution in [-0.2, 0) is 9.31 Å². The third-order valence-corrected chi connectivity index (χ3v) is 3.96. The van der Waals surface area contributed by atoms with Crippen molar-refractivity contribution >= 4 is 18.5 Å². The number of rotatable bonds is 3. The molecule has 0 aromatic heterocycles. The predicted molar refractivity (Wildman–Crippen MR) is 78.7 cm³/mol. The first-order chi connectivity index (χ1) is 9.27. The van der Waals surface area contributed by atoms with Crippen LogP contribution < -0.4 is 16.5 Å². The monoisotopic (exact) mass is 276 g/mol. The van der Waals surface area contributed by atoms with E-state index in [4.69, 9.17) is 15.0 Å². The Morgan fingerprint density at radius 2 is 1.65 bits per heavy atom. The molecule has 2 rings (SSSR count). The lowest BCUT2D eigenvalue weighted by Gasteiger charge is -2.32. The summed E-state index contributed by atoms with van der Waals surface area (Å²) in [6, 6.07) is 7.16. The smallest absolute Gasteiger partial charge is 0.399 e. The van der Waals surface area contributed by atoms with Gasteiger partial charge in [0, 0.05) is 5.56 Å². The summed E-state index contributed by atoms with van der Waals surface area (Å²) in [5.74, 6) is -0.187. The molecular weight excluding hydrogens is 255 g/mol. The molecule has 1 heterocycles. The van der Waals surface area contributed by atoms with E-state index in [1.807, 2.05) is 39.8 Å². The molecule has 0 radical (unpaired) electrons. The lowest BCUT2D eigenvalue weighted by molar-refractivity contribution is 0.00578. The van der Waals surface area contributed by atoms with E-state index in [-0.39, 0.29) is 23.8 Å². The van der Waals surface area contributed by atoms with Gasteiger partial charge in [0.05, 0.1) is 17.9 Å². The molecule has 1 saturated heterocycles. The van der Waals surface area contributed by atoms with Gasteiger partial charge in [-0.1, -0.05) is 12.1 Å². The zero-order chi connectivity index (χ0) is 15.0. The van der Waals surface area contributed by atoms with Gasteiger partial charge in [-0.05, 0) is 45.3 Å². The molecule has 108 valence electrons. The van der Waals surface area contributed by atoms with Gasteiger partial charge in [0.25, 0.3) is 5.91 Å². The van der Waals surface area contributed by atoms with Gasteiger partial charge in [-0.2, -0.15) is 0 Å². The number of carbonyl (C=O) groups is 1. The number of benzene rings is 1. The zero-order valence-electron chi connectivity index (χ0n) is 12.4. The van der Waals surface area contributed by atoms with Gasteiger partial charge in [-0.15, -0.1) is 0 Å². The maximum Gasteiger partial charge on any atom is 0.494 e. The minimum absolute atomic E-state index is 0.123. The SMILES string of the molecule is CC1(C)OB(c2ccc(C(=O)NCN)cc2)OC1(C)C. The van der Waals surface area contributed by atoms with E-state index < -0.39 is 7.12 Å². The molecule has 20 heavy (non-hydrogen) atoms. The Labute approximate surface area is 120 Å². The maximum absolute atomic E-state index is 11.6. The number of carbonyl (C=O) groups excluding carboxylic acids is 1. The molecule has 1 fully saturated rings. The highest BCUT2D eigenvalue weighted by Crippen LogP contribution is 2.36. The van der Waals surface area contributed by atoms with E-state index >= 15 is 0 Å². The molecular formula is C14H21BN2O3. The standard InChI is InChI=1S/C14H21BN2O3/c1-13(2)14(3,4)20-15(19-13)11-7-5-10(6-8-11)12(18)17-9-16/h5-8H,9,16H2,1-4H3,(H,17,18). The van der Waals surface area contributed by atoms with Gasteiger partial charge in [0.1, 0.15) is 0 Å². The van der Waals surface area contributed by atoms with Crippen molar-refractivity contribution in [3.63, 3.8) is 0 Å². The van der Waals surface area contributed by atoms with Crippen LogP contribution in [0.4, 0.5) is 0 Å². The molecule has 1 aliphatic heterocycles. The summed E-state index contributed by atoms with van der Waals surface area (Å²) >= 11 is 0. The van der Waals surface area contributed by atoms with Crippen LogP contribution in [-0.4, -0.2) is 30.9 Å². The molecule has 1 aromatic rings. The number of nitrogens with one attached hydrogen (secondary N) is 1. The quantitative estimate of drug-likeness (QED) is 0.627. The van der Waals surface area contributed by atoms with E-state index in [0.717, 1.165) is 5.46 Å². The maximum atomic E-state index is 11.6. The zero-order valence-corrected chi connectivity index (χ0v) is 12.4. The van der Waals surface area contributed by atoms with Gasteiger partial charge in [-0.3, -0.25) is 4.79 Å². The molecule has 1 aliphatic rings. The van der Waals surface area contributed by atoms with E-state index in [0.29, 0.717) is 5.56 Å². The van der Waals surface area contributed by atoms with Crippen LogP contribution in [0.3, 0.4) is 0 Å². The second-order valence-electron chi connectivity index (χ2n) is 5.92. The molecule has 1 aromatic carbocycles. The van der Waals surface area contributed by atoms with Gasteiger partial charge in [0.2, 0.25) is 0 Å². The summed E-state index contributed by atoms with van der Waals surface area (Å²) < 4.78 is 11.9. The highest BCUT2D eigenvalue weighted by Gasteiger charge is 2.51. The van der Waals surface area contributed by atoms with E-state index in [2.05, 4.69) is 5.32 Å². The molecule has 0 aliphatic carbocycles. The van der Waals surface area contributed by atoms with E-state index in [1.165, 1.54) is 0 Å². The third-order valence-electron chi connectivity index (χ3n) is 3.96. The summed E-state index contributed by atoms with van der Waals surface area (Å²) in [5.41, 5.74) is 6.01. The Bertz CT molecular complexity index is 484. The second kappa shape index (κ2) is 5.20. The largest absolute Gasteiger partial charge is 0.494 e. The van der Waals surface area contributed by atoms with Crippen molar-refractivity contribution in [2.24, 2.45) is 5.73 Å². The molecule has 0 saturated carbocycles. The molecule has 0 atom stereocenters. The summed E-state index contributed by atoms with van der Waals surface area (Å²) in [6.07, 6.45) is 0. The van der Waals surface area contributed by atoms with Crippen molar-refractivity contribution in [3.05, 3.63) is 29.8 Å². The molecule has 0 unspecified atom stereocenters. The average Bonchev–Trinajstić information content (AvgIpc) is 2.59. The minimum Gasteiger partial charge on any atom is -0.399 e. The fourth-order valence-electron chi connectivity index (χ4n) is 1.97. The predicted octanol–water partition coefficient (Wildman–Crippen LogP) is 0.632. The first-order valence-corrected chi connectivity index (χ1v) is 6.71. The molecule has 3 N–H and O–H groups in total. The second-order valence-corrected chi connectivity index (χ2v) is 5.92. The van der Waals surface area contributed by atoms with E-state index in [9.17, 15) is 4.79 Å². The lowest BCUT2D eigenvalue weighted by atomic mass is 9.79. The van der Waals surface area contributed by atoms with Crippen LogP contribution >= 0.6 is 0 Å². The summed E-state index contributed by atoms with van der Waals surface area (Å²) in [5, 5.41) is 2.55. The average molecular weight is 276 g/mol. The third kappa shape index (κ3) is 2.72. The summed E-state index contributed by atoms with van der Waals surface area (Å²) in [4.78, 5) is 11.6. The van der Waals surface area contributed by atoms with E-state index in [1.54, 1.807) is 12.1 Å². The van der Waals surface area contributed by atoms with Gasteiger partial charge < -0.3 is 20.4 Å². The first kappa shape index (κ1) is 15.0. The van der Waals surface area contributed by atoms with Crippen LogP contribution in [0.5, 0.6) is 0 Å². The van der Waals surface area contributed by atoms with Crippen LogP contribution in [0, 0.1) is 0 Å². The topological polar surface area (TPSA) is 73.6 Å². The normalized spacial score (nSPS) is 19.9. The highest BCUT2D eigenvalue weighted by molar-refractivity contribution is 6.62. The summed E-state index contributed by atoms with van der Waals surface area (Å²) in [7, 11) is -0.411. The molecule has 1 amide bonds. The van der Waals surface area contributed by atoms with Crippen molar-refractivity contribution in [3.8, 4) is 0 Å². The number of amides is 1. The number of hydrogen-bond donors (Lipinski definition) is 2. The van der Waals surface area contributed by atoms with Crippen molar-refractivity contribution in [2.75, 3.05) is 6.67 Å². The highest BCUT2D eigenvalue weighted by atomic mass is 16.7. The first-order valence-electron chi connectivity index (χ1n) is 6.71. The molecule has 5 nitrogen and oxygen atoms in total. The van der Waals surface area contributed by atoms with Crippen molar-refractivity contribution in [1.29, 1.82) is 0 Å². The Kier molecular flexibility index (Phi) is 3.91. The lowest BCUT2D eigenvalue weighted by Crippen LogP contribution is -2.41. The summed E-state index contributed by atoms with van der Waals surface area (Å²) in [6.45, 7) is 8.16. The Morgan fingerprint density at radius 1 is 1.15 bits per heavy atom. The van der Waals surface area contributed by atoms with Crippen LogP contribution in [0.2, 0.25) is 0 Å². The Hall–Kier alpha value is -1.37. The number of nitrogens with two attached hydrogens (primary N) is 1. The van der Waals surface area contributed by atoms with Gasteiger partial charge in [-0.25, -0.2) is 0 Å². The minimum atomic E-state index is -0.411. The number of hydrogen-bond acceptors (Lipinski definition) is 4. The van der Waals surface area contributed by atoms with Crippen LogP contribution in [0.15, 0.2) is 24.3 Å². The fraction of sp³-hybridized carbons (Fsp3) is 0.500. The van der Waals surface area contributed by atoms with Gasteiger partial charge >= 0.3 is 7.12 Å². The van der Waals surface area contributed by atoms with Crippen LogP contribution in [0.25, 0.3) is 0 Å². The fourth-order valence-corrected chi connectivity index (χ4v) is 1.97. The molecule has 6 heteroatoms. The molecule has 0 bridgehead atoms. The van der Waals surface area contributed by atoms with Crippen LogP contribution in [0.1, 0.15) is 38.1 Å².